The summed E-state index contributed by atoms with van der Waals surface area (Å²) in [6.45, 7) is 1.19. The van der Waals surface area contributed by atoms with Crippen LogP contribution >= 0.6 is 0 Å². The molecule has 0 aliphatic carbocycles. The molecule has 3 heteroatoms. The Morgan fingerprint density at radius 3 is 2.90 bits per heavy atom. The van der Waals surface area contributed by atoms with Crippen LogP contribution in [0.15, 0.2) is 42.5 Å². The molecule has 0 saturated carbocycles. The van der Waals surface area contributed by atoms with Gasteiger partial charge in [-0.25, -0.2) is 0 Å². The average Bonchev–Trinajstić information content (AvgIpc) is 2.83. The third-order valence-electron chi connectivity index (χ3n) is 3.66. The molecule has 0 fully saturated rings. The first-order chi connectivity index (χ1) is 10.2. The summed E-state index contributed by atoms with van der Waals surface area (Å²) in [5, 5.41) is 0. The number of carbonyl (C=O) groups is 1. The Morgan fingerprint density at radius 2 is 2.14 bits per heavy atom. The molecule has 0 unspecified atom stereocenters. The highest BCUT2D eigenvalue weighted by atomic mass is 16.5. The fourth-order valence-corrected chi connectivity index (χ4v) is 2.57. The quantitative estimate of drug-likeness (QED) is 0.807. The minimum Gasteiger partial charge on any atom is -0.497 e. The first kappa shape index (κ1) is 13.3. The number of nitrogens with zero attached hydrogens (tertiary/aromatic N) is 1. The van der Waals surface area contributed by atoms with Crippen LogP contribution in [0, 0.1) is 12.3 Å². The molecule has 1 amide bonds. The van der Waals surface area contributed by atoms with Gasteiger partial charge in [-0.15, -0.1) is 6.42 Å². The molecule has 0 aromatic heterocycles. The Labute approximate surface area is 124 Å². The highest BCUT2D eigenvalue weighted by molar-refractivity contribution is 5.98. The van der Waals surface area contributed by atoms with E-state index in [1.54, 1.807) is 13.2 Å². The van der Waals surface area contributed by atoms with Crippen LogP contribution in [0.2, 0.25) is 0 Å². The summed E-state index contributed by atoms with van der Waals surface area (Å²) in [5.41, 5.74) is 3.54. The van der Waals surface area contributed by atoms with Crippen LogP contribution in [-0.2, 0) is 13.1 Å². The van der Waals surface area contributed by atoms with Crippen molar-refractivity contribution in [1.82, 2.24) is 4.90 Å². The maximum absolute atomic E-state index is 12.4. The van der Waals surface area contributed by atoms with E-state index < -0.39 is 0 Å². The molecule has 3 nitrogen and oxygen atoms in total. The molecule has 0 atom stereocenters. The van der Waals surface area contributed by atoms with Gasteiger partial charge >= 0.3 is 0 Å². The van der Waals surface area contributed by atoms with Crippen molar-refractivity contribution in [3.63, 3.8) is 0 Å². The summed E-state index contributed by atoms with van der Waals surface area (Å²) in [7, 11) is 1.64. The second-order valence-electron chi connectivity index (χ2n) is 5.03. The van der Waals surface area contributed by atoms with Crippen molar-refractivity contribution in [2.45, 2.75) is 13.1 Å². The summed E-state index contributed by atoms with van der Waals surface area (Å²) in [4.78, 5) is 14.3. The Bertz CT molecular complexity index is 743. The monoisotopic (exact) mass is 277 g/mol. The van der Waals surface area contributed by atoms with Crippen LogP contribution in [0.3, 0.4) is 0 Å². The van der Waals surface area contributed by atoms with Gasteiger partial charge < -0.3 is 9.64 Å². The van der Waals surface area contributed by atoms with Gasteiger partial charge in [-0.2, -0.15) is 0 Å². The van der Waals surface area contributed by atoms with Crippen LogP contribution < -0.4 is 4.74 Å². The maximum atomic E-state index is 12.4. The van der Waals surface area contributed by atoms with Gasteiger partial charge in [0.25, 0.3) is 5.91 Å². The molecule has 0 N–H and O–H groups in total. The molecule has 2 aromatic carbocycles. The molecule has 0 bridgehead atoms. The normalized spacial score (nSPS) is 13.0. The van der Waals surface area contributed by atoms with Gasteiger partial charge in [0.1, 0.15) is 5.75 Å². The molecule has 2 aromatic rings. The first-order valence-electron chi connectivity index (χ1n) is 6.73. The zero-order chi connectivity index (χ0) is 14.8. The van der Waals surface area contributed by atoms with Crippen LogP contribution in [0.25, 0.3) is 0 Å². The topological polar surface area (TPSA) is 29.5 Å². The van der Waals surface area contributed by atoms with Gasteiger partial charge in [0, 0.05) is 24.2 Å². The summed E-state index contributed by atoms with van der Waals surface area (Å²) in [5.74, 6) is 3.40. The van der Waals surface area contributed by atoms with Gasteiger partial charge in [-0.3, -0.25) is 4.79 Å². The zero-order valence-corrected chi connectivity index (χ0v) is 11.8. The lowest BCUT2D eigenvalue weighted by atomic mass is 10.1. The smallest absolute Gasteiger partial charge is 0.254 e. The average molecular weight is 277 g/mol. The predicted molar refractivity (Wildman–Crippen MR) is 80.9 cm³/mol. The molecular formula is C18H15NO2. The third-order valence-corrected chi connectivity index (χ3v) is 3.66. The lowest BCUT2D eigenvalue weighted by molar-refractivity contribution is 0.0766. The molecule has 1 aliphatic heterocycles. The highest BCUT2D eigenvalue weighted by Gasteiger charge is 2.27. The number of terminal acetylenes is 1. The van der Waals surface area contributed by atoms with Crippen LogP contribution in [0.5, 0.6) is 5.75 Å². The lowest BCUT2D eigenvalue weighted by Crippen LogP contribution is -2.23. The number of benzene rings is 2. The van der Waals surface area contributed by atoms with Crippen molar-refractivity contribution >= 4 is 5.91 Å². The van der Waals surface area contributed by atoms with Crippen molar-refractivity contribution < 1.29 is 9.53 Å². The second kappa shape index (κ2) is 5.34. The van der Waals surface area contributed by atoms with E-state index in [9.17, 15) is 4.79 Å². The van der Waals surface area contributed by atoms with E-state index in [1.165, 1.54) is 0 Å². The zero-order valence-electron chi connectivity index (χ0n) is 11.8. The molecule has 0 radical (unpaired) electrons. The third kappa shape index (κ3) is 2.48. The Kier molecular flexibility index (Phi) is 3.37. The molecule has 1 heterocycles. The van der Waals surface area contributed by atoms with Crippen molar-refractivity contribution in [2.75, 3.05) is 7.11 Å². The lowest BCUT2D eigenvalue weighted by Gasteiger charge is -2.16. The summed E-state index contributed by atoms with van der Waals surface area (Å²) in [6, 6.07) is 13.4. The fraction of sp³-hybridized carbons (Fsp3) is 0.167. The number of fused-ring (bicyclic) bond motifs is 1. The van der Waals surface area contributed by atoms with Gasteiger partial charge in [0.2, 0.25) is 0 Å². The van der Waals surface area contributed by atoms with Crippen molar-refractivity contribution in [2.24, 2.45) is 0 Å². The first-order valence-corrected chi connectivity index (χ1v) is 6.73. The number of hydrogen-bond donors (Lipinski definition) is 0. The van der Waals surface area contributed by atoms with E-state index in [2.05, 4.69) is 5.92 Å². The SMILES string of the molecule is C#Cc1ccc2c(c1)C(=O)N(Cc1cccc(OC)c1)C2. The van der Waals surface area contributed by atoms with Crippen molar-refractivity contribution in [1.29, 1.82) is 0 Å². The highest BCUT2D eigenvalue weighted by Crippen LogP contribution is 2.26. The van der Waals surface area contributed by atoms with E-state index >= 15 is 0 Å². The number of hydrogen-bond acceptors (Lipinski definition) is 2. The Balaban J connectivity index is 1.83. The molecular weight excluding hydrogens is 262 g/mol. The number of ether oxygens (including phenoxy) is 1. The number of rotatable bonds is 3. The van der Waals surface area contributed by atoms with Gasteiger partial charge in [0.15, 0.2) is 0 Å². The predicted octanol–water partition coefficient (Wildman–Crippen LogP) is 2.83. The number of amides is 1. The molecule has 104 valence electrons. The minimum atomic E-state index is 0.0323. The van der Waals surface area contributed by atoms with Crippen LogP contribution in [0.1, 0.15) is 27.0 Å². The molecule has 3 rings (SSSR count). The van der Waals surface area contributed by atoms with Crippen LogP contribution in [0.4, 0.5) is 0 Å². The maximum Gasteiger partial charge on any atom is 0.254 e. The summed E-state index contributed by atoms with van der Waals surface area (Å²) in [6.07, 6.45) is 5.39. The molecule has 0 spiro atoms. The Hall–Kier alpha value is -2.73. The number of carbonyl (C=O) groups excluding carboxylic acids is 1. The van der Waals surface area contributed by atoms with E-state index in [4.69, 9.17) is 11.2 Å². The summed E-state index contributed by atoms with van der Waals surface area (Å²) >= 11 is 0. The van der Waals surface area contributed by atoms with Crippen molar-refractivity contribution in [3.05, 3.63) is 64.7 Å². The van der Waals surface area contributed by atoms with Crippen molar-refractivity contribution in [3.8, 4) is 18.1 Å². The van der Waals surface area contributed by atoms with E-state index in [-0.39, 0.29) is 5.91 Å². The Morgan fingerprint density at radius 1 is 1.29 bits per heavy atom. The summed E-state index contributed by atoms with van der Waals surface area (Å²) < 4.78 is 5.21. The van der Waals surface area contributed by atoms with Gasteiger partial charge in [0.05, 0.1) is 7.11 Å². The van der Waals surface area contributed by atoms with Gasteiger partial charge in [-0.05, 0) is 35.4 Å². The largest absolute Gasteiger partial charge is 0.497 e. The van der Waals surface area contributed by atoms with Crippen LogP contribution in [-0.4, -0.2) is 17.9 Å². The number of methoxy groups -OCH3 is 1. The van der Waals surface area contributed by atoms with E-state index in [0.29, 0.717) is 18.7 Å². The van der Waals surface area contributed by atoms with E-state index in [0.717, 1.165) is 22.4 Å². The second-order valence-corrected chi connectivity index (χ2v) is 5.03. The minimum absolute atomic E-state index is 0.0323. The molecule has 0 saturated heterocycles. The standard InChI is InChI=1S/C18H15NO2/c1-3-13-7-8-15-12-19(18(20)17(15)10-13)11-14-5-4-6-16(9-14)21-2/h1,4-10H,11-12H2,2H3. The van der Waals surface area contributed by atoms with E-state index in [1.807, 2.05) is 41.3 Å². The molecule has 21 heavy (non-hydrogen) atoms. The van der Waals surface area contributed by atoms with Gasteiger partial charge in [-0.1, -0.05) is 24.1 Å². The fourth-order valence-electron chi connectivity index (χ4n) is 2.57. The molecule has 1 aliphatic rings.